The van der Waals surface area contributed by atoms with Crippen LogP contribution in [-0.2, 0) is 0 Å². The summed E-state index contributed by atoms with van der Waals surface area (Å²) in [5, 5.41) is 8.40. The van der Waals surface area contributed by atoms with Crippen LogP contribution in [0.4, 0.5) is 11.4 Å². The van der Waals surface area contributed by atoms with Crippen LogP contribution >= 0.6 is 23.2 Å². The van der Waals surface area contributed by atoms with Crippen LogP contribution in [0.1, 0.15) is 13.8 Å². The maximum atomic E-state index is 5.88. The molecule has 106 valence electrons. The molecule has 2 aromatic carbocycles. The fourth-order valence-corrected chi connectivity index (χ4v) is 2.12. The van der Waals surface area contributed by atoms with E-state index in [-0.39, 0.29) is 12.1 Å². The molecule has 20 heavy (non-hydrogen) atoms. The summed E-state index contributed by atoms with van der Waals surface area (Å²) in [7, 11) is 0. The lowest BCUT2D eigenvalue weighted by Crippen LogP contribution is -2.34. The van der Waals surface area contributed by atoms with Crippen LogP contribution < -0.4 is 10.6 Å². The van der Waals surface area contributed by atoms with Gasteiger partial charge in [0, 0.05) is 33.5 Å². The van der Waals surface area contributed by atoms with Crippen molar-refractivity contribution in [1.29, 1.82) is 0 Å². The molecule has 0 fully saturated rings. The van der Waals surface area contributed by atoms with Crippen LogP contribution in [0.5, 0.6) is 0 Å². The Balaban J connectivity index is 1.93. The highest BCUT2D eigenvalue weighted by molar-refractivity contribution is 6.30. The minimum absolute atomic E-state index is 0.270. The van der Waals surface area contributed by atoms with Crippen molar-refractivity contribution in [3.63, 3.8) is 0 Å². The molecule has 0 aromatic heterocycles. The zero-order valence-electron chi connectivity index (χ0n) is 11.5. The second-order valence-electron chi connectivity index (χ2n) is 4.88. The van der Waals surface area contributed by atoms with Gasteiger partial charge in [0.25, 0.3) is 0 Å². The van der Waals surface area contributed by atoms with Crippen LogP contribution in [0.15, 0.2) is 48.5 Å². The predicted molar refractivity (Wildman–Crippen MR) is 89.1 cm³/mol. The topological polar surface area (TPSA) is 24.1 Å². The van der Waals surface area contributed by atoms with Crippen LogP contribution in [-0.4, -0.2) is 12.1 Å². The maximum Gasteiger partial charge on any atom is 0.0431 e. The molecule has 0 saturated heterocycles. The van der Waals surface area contributed by atoms with Crippen LogP contribution in [0, 0.1) is 0 Å². The molecule has 4 heteroatoms. The molecule has 0 bridgehead atoms. The summed E-state index contributed by atoms with van der Waals surface area (Å²) >= 11 is 11.8. The Labute approximate surface area is 130 Å². The number of rotatable bonds is 5. The molecule has 0 amide bonds. The van der Waals surface area contributed by atoms with Gasteiger partial charge in [-0.3, -0.25) is 0 Å². The van der Waals surface area contributed by atoms with Crippen LogP contribution in [0.25, 0.3) is 0 Å². The van der Waals surface area contributed by atoms with Crippen molar-refractivity contribution in [3.8, 4) is 0 Å². The molecular formula is C16H18Cl2N2. The SMILES string of the molecule is CC(Nc1ccc(Cl)cc1)C(C)Nc1ccc(Cl)cc1. The number of halogens is 2. The number of nitrogens with one attached hydrogen (secondary N) is 2. The Morgan fingerprint density at radius 1 is 0.650 bits per heavy atom. The van der Waals surface area contributed by atoms with Gasteiger partial charge in [0.2, 0.25) is 0 Å². The molecule has 2 nitrogen and oxygen atoms in total. The van der Waals surface area contributed by atoms with Gasteiger partial charge in [-0.1, -0.05) is 23.2 Å². The molecule has 0 spiro atoms. The first-order valence-electron chi connectivity index (χ1n) is 6.59. The van der Waals surface area contributed by atoms with Crippen molar-refractivity contribution in [2.45, 2.75) is 25.9 Å². The molecule has 2 aromatic rings. The highest BCUT2D eigenvalue weighted by atomic mass is 35.5. The van der Waals surface area contributed by atoms with E-state index in [1.165, 1.54) is 0 Å². The van der Waals surface area contributed by atoms with Crippen LogP contribution in [0.3, 0.4) is 0 Å². The lowest BCUT2D eigenvalue weighted by molar-refractivity contribution is 0.677. The van der Waals surface area contributed by atoms with Crippen molar-refractivity contribution in [2.75, 3.05) is 10.6 Å². The third-order valence-electron chi connectivity index (χ3n) is 3.23. The normalized spacial score (nSPS) is 13.6. The monoisotopic (exact) mass is 308 g/mol. The standard InChI is InChI=1S/C16H18Cl2N2/c1-11(19-15-7-3-13(17)4-8-15)12(2)20-16-9-5-14(18)6-10-16/h3-12,19-20H,1-2H3. The lowest BCUT2D eigenvalue weighted by Gasteiger charge is -2.24. The van der Waals surface area contributed by atoms with Gasteiger partial charge in [0.05, 0.1) is 0 Å². The van der Waals surface area contributed by atoms with Crippen molar-refractivity contribution in [2.24, 2.45) is 0 Å². The van der Waals surface area contributed by atoms with Gasteiger partial charge in [0.1, 0.15) is 0 Å². The second-order valence-corrected chi connectivity index (χ2v) is 5.75. The second kappa shape index (κ2) is 6.87. The third kappa shape index (κ3) is 4.32. The molecule has 2 N–H and O–H groups in total. The minimum Gasteiger partial charge on any atom is -0.381 e. The minimum atomic E-state index is 0.270. The van der Waals surface area contributed by atoms with Gasteiger partial charge < -0.3 is 10.6 Å². The van der Waals surface area contributed by atoms with Gasteiger partial charge in [-0.25, -0.2) is 0 Å². The molecule has 0 aliphatic rings. The predicted octanol–water partition coefficient (Wildman–Crippen LogP) is 5.29. The van der Waals surface area contributed by atoms with Crippen LogP contribution in [0.2, 0.25) is 10.0 Å². The first-order valence-corrected chi connectivity index (χ1v) is 7.34. The molecule has 2 unspecified atom stereocenters. The summed E-state index contributed by atoms with van der Waals surface area (Å²) in [6, 6.07) is 16.0. The Bertz CT molecular complexity index is 486. The molecular weight excluding hydrogens is 291 g/mol. The number of hydrogen-bond acceptors (Lipinski definition) is 2. The molecule has 0 saturated carbocycles. The average Bonchev–Trinajstić information content (AvgIpc) is 2.44. The molecule has 0 radical (unpaired) electrons. The Kier molecular flexibility index (Phi) is 5.16. The van der Waals surface area contributed by atoms with E-state index in [1.807, 2.05) is 48.5 Å². The summed E-state index contributed by atoms with van der Waals surface area (Å²) in [5.74, 6) is 0. The fraction of sp³-hybridized carbons (Fsp3) is 0.250. The van der Waals surface area contributed by atoms with Gasteiger partial charge in [0.15, 0.2) is 0 Å². The molecule has 2 atom stereocenters. The Morgan fingerprint density at radius 3 is 1.25 bits per heavy atom. The van der Waals surface area contributed by atoms with Gasteiger partial charge in [-0.2, -0.15) is 0 Å². The highest BCUT2D eigenvalue weighted by Gasteiger charge is 2.11. The first-order chi connectivity index (χ1) is 9.54. The largest absolute Gasteiger partial charge is 0.381 e. The molecule has 0 aliphatic carbocycles. The van der Waals surface area contributed by atoms with Crippen molar-refractivity contribution in [1.82, 2.24) is 0 Å². The maximum absolute atomic E-state index is 5.88. The van der Waals surface area contributed by atoms with Crippen molar-refractivity contribution >= 4 is 34.6 Å². The molecule has 0 heterocycles. The Morgan fingerprint density at radius 2 is 0.950 bits per heavy atom. The zero-order valence-corrected chi connectivity index (χ0v) is 13.0. The summed E-state index contributed by atoms with van der Waals surface area (Å²) in [6.07, 6.45) is 0. The van der Waals surface area contributed by atoms with Gasteiger partial charge in [-0.15, -0.1) is 0 Å². The van der Waals surface area contributed by atoms with Crippen molar-refractivity contribution < 1.29 is 0 Å². The zero-order chi connectivity index (χ0) is 14.5. The number of hydrogen-bond donors (Lipinski definition) is 2. The summed E-state index contributed by atoms with van der Waals surface area (Å²) < 4.78 is 0. The van der Waals surface area contributed by atoms with Gasteiger partial charge >= 0.3 is 0 Å². The Hall–Kier alpha value is -1.38. The molecule has 2 rings (SSSR count). The van der Waals surface area contributed by atoms with E-state index in [2.05, 4.69) is 24.5 Å². The van der Waals surface area contributed by atoms with E-state index in [4.69, 9.17) is 23.2 Å². The summed E-state index contributed by atoms with van der Waals surface area (Å²) in [6.45, 7) is 4.28. The van der Waals surface area contributed by atoms with E-state index >= 15 is 0 Å². The number of benzene rings is 2. The quantitative estimate of drug-likeness (QED) is 0.783. The summed E-state index contributed by atoms with van der Waals surface area (Å²) in [5.41, 5.74) is 2.12. The fourth-order valence-electron chi connectivity index (χ4n) is 1.87. The van der Waals surface area contributed by atoms with Gasteiger partial charge in [-0.05, 0) is 62.4 Å². The first kappa shape index (κ1) is 15.0. The average molecular weight is 309 g/mol. The number of anilines is 2. The molecule has 0 aliphatic heterocycles. The van der Waals surface area contributed by atoms with E-state index < -0.39 is 0 Å². The highest BCUT2D eigenvalue weighted by Crippen LogP contribution is 2.18. The smallest absolute Gasteiger partial charge is 0.0431 e. The van der Waals surface area contributed by atoms with E-state index in [1.54, 1.807) is 0 Å². The summed E-state index contributed by atoms with van der Waals surface area (Å²) in [4.78, 5) is 0. The lowest BCUT2D eigenvalue weighted by atomic mass is 10.1. The third-order valence-corrected chi connectivity index (χ3v) is 3.73. The van der Waals surface area contributed by atoms with Crippen molar-refractivity contribution in [3.05, 3.63) is 58.6 Å². The van der Waals surface area contributed by atoms with E-state index in [9.17, 15) is 0 Å². The van der Waals surface area contributed by atoms with E-state index in [0.717, 1.165) is 21.4 Å². The van der Waals surface area contributed by atoms with E-state index in [0.29, 0.717) is 0 Å².